The fraction of sp³-hybridized carbons (Fsp3) is 0.263. The van der Waals surface area contributed by atoms with Crippen LogP contribution in [0.4, 0.5) is 0 Å². The molecule has 2 heterocycles. The molecule has 0 fully saturated rings. The molecule has 0 aliphatic heterocycles. The molecule has 0 bridgehead atoms. The molecule has 138 valence electrons. The van der Waals surface area contributed by atoms with Crippen LogP contribution in [-0.2, 0) is 0 Å². The van der Waals surface area contributed by atoms with Crippen LogP contribution in [0.2, 0.25) is 0 Å². The fourth-order valence-corrected chi connectivity index (χ4v) is 2.44. The molecule has 0 aliphatic carbocycles. The predicted molar refractivity (Wildman–Crippen MR) is 104 cm³/mol. The van der Waals surface area contributed by atoms with Crippen molar-refractivity contribution >= 4 is 18.3 Å². The molecule has 7 heteroatoms. The highest BCUT2D eigenvalue weighted by atomic mass is 35.5. The normalized spacial score (nSPS) is 11.7. The molecule has 3 N–H and O–H groups in total. The van der Waals surface area contributed by atoms with E-state index >= 15 is 0 Å². The summed E-state index contributed by atoms with van der Waals surface area (Å²) in [6.07, 6.45) is 1.73. The largest absolute Gasteiger partial charge is 0.460 e. The number of halogens is 1. The lowest BCUT2D eigenvalue weighted by Crippen LogP contribution is -2.31. The quantitative estimate of drug-likeness (QED) is 0.693. The predicted octanol–water partition coefficient (Wildman–Crippen LogP) is 3.19. The third kappa shape index (κ3) is 4.33. The van der Waals surface area contributed by atoms with E-state index in [0.717, 1.165) is 11.4 Å². The maximum absolute atomic E-state index is 12.7. The summed E-state index contributed by atoms with van der Waals surface area (Å²) in [5.41, 5.74) is 7.49. The summed E-state index contributed by atoms with van der Waals surface area (Å²) in [6, 6.07) is 13.3. The third-order valence-electron chi connectivity index (χ3n) is 3.97. The van der Waals surface area contributed by atoms with Crippen molar-refractivity contribution in [3.63, 3.8) is 0 Å². The summed E-state index contributed by atoms with van der Waals surface area (Å²) in [7, 11) is 0. The van der Waals surface area contributed by atoms with E-state index < -0.39 is 0 Å². The van der Waals surface area contributed by atoms with E-state index in [1.807, 2.05) is 56.3 Å². The maximum Gasteiger partial charge on any atom is 0.255 e. The van der Waals surface area contributed by atoms with E-state index in [2.05, 4.69) is 10.4 Å². The Labute approximate surface area is 158 Å². The third-order valence-corrected chi connectivity index (χ3v) is 3.97. The number of para-hydroxylation sites is 1. The molecule has 2 aromatic heterocycles. The molecular weight excluding hydrogens is 352 g/mol. The molecule has 3 rings (SSSR count). The van der Waals surface area contributed by atoms with E-state index in [1.165, 1.54) is 0 Å². The summed E-state index contributed by atoms with van der Waals surface area (Å²) in [6.45, 7) is 4.89. The van der Waals surface area contributed by atoms with Crippen LogP contribution in [-0.4, -0.2) is 28.8 Å². The Kier molecular flexibility index (Phi) is 6.60. The van der Waals surface area contributed by atoms with Gasteiger partial charge in [0.25, 0.3) is 5.91 Å². The number of amides is 1. The standard InChI is InChI=1S/C19H22N4O2.ClH/c1-13(10-20)11-21-19(24)16-12-23(15-6-4-3-5-7-15)22-18(16)17-9-8-14(2)25-17;/h3-9,12-13H,10-11,20H2,1-2H3,(H,21,24);1H. The number of carbonyl (C=O) groups excluding carboxylic acids is 1. The van der Waals surface area contributed by atoms with Gasteiger partial charge in [0, 0.05) is 12.7 Å². The highest BCUT2D eigenvalue weighted by Gasteiger charge is 2.21. The molecule has 1 amide bonds. The lowest BCUT2D eigenvalue weighted by Gasteiger charge is -2.09. The number of rotatable bonds is 6. The lowest BCUT2D eigenvalue weighted by atomic mass is 10.1. The zero-order chi connectivity index (χ0) is 17.8. The topological polar surface area (TPSA) is 86.1 Å². The van der Waals surface area contributed by atoms with Crippen LogP contribution in [0.3, 0.4) is 0 Å². The van der Waals surface area contributed by atoms with Gasteiger partial charge in [-0.25, -0.2) is 4.68 Å². The van der Waals surface area contributed by atoms with Crippen LogP contribution < -0.4 is 11.1 Å². The first-order valence-electron chi connectivity index (χ1n) is 8.28. The van der Waals surface area contributed by atoms with Crippen molar-refractivity contribution in [3.05, 3.63) is 60.0 Å². The molecule has 0 saturated carbocycles. The second-order valence-electron chi connectivity index (χ2n) is 6.13. The summed E-state index contributed by atoms with van der Waals surface area (Å²) in [4.78, 5) is 12.7. The number of nitrogens with zero attached hydrogens (tertiary/aromatic N) is 2. The molecule has 0 saturated heterocycles. The number of aromatic nitrogens is 2. The number of nitrogens with two attached hydrogens (primary N) is 1. The Balaban J connectivity index is 0.00000243. The molecular formula is C19H23ClN4O2. The van der Waals surface area contributed by atoms with Gasteiger partial charge in [-0.05, 0) is 43.7 Å². The highest BCUT2D eigenvalue weighted by molar-refractivity contribution is 5.99. The van der Waals surface area contributed by atoms with Gasteiger partial charge >= 0.3 is 0 Å². The Morgan fingerprint density at radius 1 is 1.27 bits per heavy atom. The van der Waals surface area contributed by atoms with Gasteiger partial charge < -0.3 is 15.5 Å². The molecule has 1 atom stereocenters. The van der Waals surface area contributed by atoms with Crippen molar-refractivity contribution in [2.45, 2.75) is 13.8 Å². The Morgan fingerprint density at radius 2 is 2.00 bits per heavy atom. The molecule has 0 radical (unpaired) electrons. The van der Waals surface area contributed by atoms with Crippen LogP contribution in [0.25, 0.3) is 17.1 Å². The van der Waals surface area contributed by atoms with Crippen molar-refractivity contribution in [3.8, 4) is 17.1 Å². The summed E-state index contributed by atoms with van der Waals surface area (Å²) >= 11 is 0. The van der Waals surface area contributed by atoms with E-state index in [4.69, 9.17) is 10.2 Å². The maximum atomic E-state index is 12.7. The minimum atomic E-state index is -0.188. The van der Waals surface area contributed by atoms with Crippen molar-refractivity contribution < 1.29 is 9.21 Å². The van der Waals surface area contributed by atoms with Crippen LogP contribution in [0.1, 0.15) is 23.0 Å². The Bertz CT molecular complexity index is 858. The van der Waals surface area contributed by atoms with Gasteiger partial charge in [0.15, 0.2) is 5.76 Å². The number of nitrogens with one attached hydrogen (secondary N) is 1. The molecule has 26 heavy (non-hydrogen) atoms. The molecule has 0 aliphatic rings. The fourth-order valence-electron chi connectivity index (χ4n) is 2.44. The minimum Gasteiger partial charge on any atom is -0.460 e. The Morgan fingerprint density at radius 3 is 2.62 bits per heavy atom. The van der Waals surface area contributed by atoms with Gasteiger partial charge in [-0.15, -0.1) is 12.4 Å². The smallest absolute Gasteiger partial charge is 0.255 e. The average molecular weight is 375 g/mol. The Hall–Kier alpha value is -2.57. The van der Waals surface area contributed by atoms with Crippen molar-refractivity contribution in [1.29, 1.82) is 0 Å². The lowest BCUT2D eigenvalue weighted by molar-refractivity contribution is 0.0949. The number of carbonyl (C=O) groups is 1. The monoisotopic (exact) mass is 374 g/mol. The average Bonchev–Trinajstić information content (AvgIpc) is 3.26. The number of aryl methyl sites for hydroxylation is 1. The van der Waals surface area contributed by atoms with Gasteiger partial charge in [0.2, 0.25) is 0 Å². The van der Waals surface area contributed by atoms with Gasteiger partial charge in [0.05, 0.1) is 11.3 Å². The molecule has 0 spiro atoms. The van der Waals surface area contributed by atoms with Gasteiger partial charge in [-0.2, -0.15) is 5.10 Å². The SMILES string of the molecule is Cc1ccc(-c2nn(-c3ccccc3)cc2C(=O)NCC(C)CN)o1.Cl. The number of benzene rings is 1. The highest BCUT2D eigenvalue weighted by Crippen LogP contribution is 2.25. The zero-order valence-corrected chi connectivity index (χ0v) is 15.6. The summed E-state index contributed by atoms with van der Waals surface area (Å²) in [5.74, 6) is 1.37. The molecule has 3 aromatic rings. The van der Waals surface area contributed by atoms with Gasteiger partial charge in [0.1, 0.15) is 11.5 Å². The van der Waals surface area contributed by atoms with E-state index in [9.17, 15) is 4.79 Å². The van der Waals surface area contributed by atoms with E-state index in [0.29, 0.717) is 30.1 Å². The number of hydrogen-bond donors (Lipinski definition) is 2. The van der Waals surface area contributed by atoms with E-state index in [1.54, 1.807) is 10.9 Å². The van der Waals surface area contributed by atoms with Crippen molar-refractivity contribution in [2.75, 3.05) is 13.1 Å². The van der Waals surface area contributed by atoms with Crippen LogP contribution in [0.5, 0.6) is 0 Å². The second kappa shape index (κ2) is 8.69. The van der Waals surface area contributed by atoms with Crippen LogP contribution in [0, 0.1) is 12.8 Å². The first-order chi connectivity index (χ1) is 12.1. The molecule has 1 unspecified atom stereocenters. The summed E-state index contributed by atoms with van der Waals surface area (Å²) in [5, 5.41) is 7.49. The summed E-state index contributed by atoms with van der Waals surface area (Å²) < 4.78 is 7.37. The van der Waals surface area contributed by atoms with Crippen LogP contribution in [0.15, 0.2) is 53.1 Å². The molecule has 6 nitrogen and oxygen atoms in total. The number of hydrogen-bond acceptors (Lipinski definition) is 4. The van der Waals surface area contributed by atoms with Gasteiger partial charge in [-0.3, -0.25) is 4.79 Å². The second-order valence-corrected chi connectivity index (χ2v) is 6.13. The zero-order valence-electron chi connectivity index (χ0n) is 14.8. The van der Waals surface area contributed by atoms with E-state index in [-0.39, 0.29) is 24.2 Å². The van der Waals surface area contributed by atoms with Crippen molar-refractivity contribution in [1.82, 2.24) is 15.1 Å². The van der Waals surface area contributed by atoms with Crippen LogP contribution >= 0.6 is 12.4 Å². The molecule has 1 aromatic carbocycles. The number of furan rings is 1. The first kappa shape index (κ1) is 19.8. The first-order valence-corrected chi connectivity index (χ1v) is 8.28. The minimum absolute atomic E-state index is 0. The van der Waals surface area contributed by atoms with Gasteiger partial charge in [-0.1, -0.05) is 25.1 Å². The van der Waals surface area contributed by atoms with Crippen molar-refractivity contribution in [2.24, 2.45) is 11.7 Å².